The Labute approximate surface area is 101 Å². The summed E-state index contributed by atoms with van der Waals surface area (Å²) in [5.41, 5.74) is -0.608. The highest BCUT2D eigenvalue weighted by Gasteiger charge is 2.44. The topological polar surface area (TPSA) is 88.2 Å². The summed E-state index contributed by atoms with van der Waals surface area (Å²) in [7, 11) is 0. The van der Waals surface area contributed by atoms with Gasteiger partial charge in [-0.25, -0.2) is 14.2 Å². The van der Waals surface area contributed by atoms with Crippen LogP contribution in [0.1, 0.15) is 11.2 Å². The quantitative estimate of drug-likeness (QED) is 0.728. The van der Waals surface area contributed by atoms with Crippen molar-refractivity contribution in [2.75, 3.05) is 6.61 Å². The second-order valence-electron chi connectivity index (χ2n) is 3.78. The van der Waals surface area contributed by atoms with Crippen molar-refractivity contribution in [3.8, 4) is 0 Å². The number of aliphatic hydroxyl groups excluding tert-OH is 2. The molecule has 1 saturated heterocycles. The maximum atomic E-state index is 13.8. The van der Waals surface area contributed by atoms with Gasteiger partial charge in [-0.2, -0.15) is 4.98 Å². The van der Waals surface area contributed by atoms with Gasteiger partial charge in [-0.15, -0.1) is 11.8 Å². The molecule has 0 bridgehead atoms. The molecule has 0 spiro atoms. The number of thioether (sulfide) groups is 1. The zero-order valence-electron chi connectivity index (χ0n) is 9.02. The lowest BCUT2D eigenvalue weighted by atomic mass is 10.1. The van der Waals surface area contributed by atoms with Crippen molar-refractivity contribution < 1.29 is 14.6 Å². The fourth-order valence-electron chi connectivity index (χ4n) is 1.67. The van der Waals surface area contributed by atoms with Gasteiger partial charge in [0.15, 0.2) is 6.17 Å². The molecule has 0 amide bonds. The van der Waals surface area contributed by atoms with Crippen molar-refractivity contribution in [1.82, 2.24) is 14.5 Å². The van der Waals surface area contributed by atoms with Crippen LogP contribution in [0.4, 0.5) is 4.39 Å². The SMILES string of the molecule is Cc1ncn([C@@H]2S[C@H](CO)[C@@H](O)[C@H]2F)c(=O)n1. The predicted molar refractivity (Wildman–Crippen MR) is 59.4 cm³/mol. The van der Waals surface area contributed by atoms with Crippen molar-refractivity contribution >= 4 is 11.8 Å². The predicted octanol–water partition coefficient (Wildman–Crippen LogP) is -0.748. The maximum absolute atomic E-state index is 13.8. The van der Waals surface area contributed by atoms with E-state index in [2.05, 4.69) is 9.97 Å². The number of hydrogen-bond acceptors (Lipinski definition) is 6. The number of aliphatic hydroxyl groups is 2. The van der Waals surface area contributed by atoms with Gasteiger partial charge in [0, 0.05) is 0 Å². The molecule has 0 unspecified atom stereocenters. The monoisotopic (exact) mass is 261 g/mol. The third-order valence-electron chi connectivity index (χ3n) is 2.60. The Hall–Kier alpha value is -0.990. The van der Waals surface area contributed by atoms with Crippen LogP contribution in [0, 0.1) is 6.92 Å². The largest absolute Gasteiger partial charge is 0.395 e. The van der Waals surface area contributed by atoms with E-state index in [1.54, 1.807) is 6.92 Å². The van der Waals surface area contributed by atoms with Crippen molar-refractivity contribution in [3.05, 3.63) is 22.6 Å². The lowest BCUT2D eigenvalue weighted by molar-refractivity contribution is 0.0629. The van der Waals surface area contributed by atoms with Crippen molar-refractivity contribution in [2.45, 2.75) is 29.8 Å². The van der Waals surface area contributed by atoms with Gasteiger partial charge in [0.2, 0.25) is 0 Å². The number of nitrogens with zero attached hydrogens (tertiary/aromatic N) is 3. The zero-order chi connectivity index (χ0) is 12.6. The molecule has 1 aliphatic rings. The molecule has 1 aromatic heterocycles. The first kappa shape index (κ1) is 12.5. The summed E-state index contributed by atoms with van der Waals surface area (Å²) in [6.45, 7) is 1.22. The molecule has 0 saturated carbocycles. The first-order valence-electron chi connectivity index (χ1n) is 5.05. The van der Waals surface area contributed by atoms with E-state index in [1.807, 2.05) is 0 Å². The standard InChI is InChI=1S/C9H12FN3O3S/c1-4-11-3-13(9(16)12-4)8-6(10)7(15)5(2-14)17-8/h3,5-8,14-15H,2H2,1H3/t5-,6-,7-,8-/m1/s1. The Balaban J connectivity index is 2.32. The average Bonchev–Trinajstić information content (AvgIpc) is 2.57. The molecule has 1 fully saturated rings. The number of rotatable bonds is 2. The number of aromatic nitrogens is 3. The fourth-order valence-corrected chi connectivity index (χ4v) is 3.02. The Morgan fingerprint density at radius 2 is 2.35 bits per heavy atom. The van der Waals surface area contributed by atoms with E-state index in [4.69, 9.17) is 5.11 Å². The van der Waals surface area contributed by atoms with E-state index < -0.39 is 28.6 Å². The molecule has 2 heterocycles. The van der Waals surface area contributed by atoms with Crippen LogP contribution in [0.25, 0.3) is 0 Å². The Bertz CT molecular complexity index is 469. The van der Waals surface area contributed by atoms with Gasteiger partial charge in [-0.1, -0.05) is 0 Å². The first-order valence-corrected chi connectivity index (χ1v) is 5.99. The van der Waals surface area contributed by atoms with E-state index >= 15 is 0 Å². The molecule has 1 aliphatic heterocycles. The minimum absolute atomic E-state index is 0.309. The van der Waals surface area contributed by atoms with Gasteiger partial charge in [0.1, 0.15) is 23.6 Å². The molecule has 8 heteroatoms. The van der Waals surface area contributed by atoms with Crippen molar-refractivity contribution in [3.63, 3.8) is 0 Å². The second-order valence-corrected chi connectivity index (χ2v) is 5.14. The van der Waals surface area contributed by atoms with E-state index in [0.717, 1.165) is 16.3 Å². The summed E-state index contributed by atoms with van der Waals surface area (Å²) in [4.78, 5) is 19.0. The lowest BCUT2D eigenvalue weighted by Gasteiger charge is -2.14. The normalized spacial score (nSPS) is 32.9. The van der Waals surface area contributed by atoms with Gasteiger partial charge in [0.05, 0.1) is 11.9 Å². The van der Waals surface area contributed by atoms with Crippen LogP contribution in [0.15, 0.2) is 11.1 Å². The highest BCUT2D eigenvalue weighted by atomic mass is 32.2. The van der Waals surface area contributed by atoms with E-state index in [9.17, 15) is 14.3 Å². The van der Waals surface area contributed by atoms with Crippen LogP contribution in [-0.2, 0) is 0 Å². The van der Waals surface area contributed by atoms with Crippen LogP contribution >= 0.6 is 11.8 Å². The molecule has 94 valence electrons. The van der Waals surface area contributed by atoms with E-state index in [-0.39, 0.29) is 6.61 Å². The van der Waals surface area contributed by atoms with Crippen LogP contribution in [-0.4, -0.2) is 48.9 Å². The molecular weight excluding hydrogens is 249 g/mol. The summed E-state index contributed by atoms with van der Waals surface area (Å²) in [5, 5.41) is 17.0. The molecule has 2 N–H and O–H groups in total. The number of halogens is 1. The zero-order valence-corrected chi connectivity index (χ0v) is 9.84. The fraction of sp³-hybridized carbons (Fsp3) is 0.667. The minimum atomic E-state index is -1.62. The van der Waals surface area contributed by atoms with Gasteiger partial charge < -0.3 is 10.2 Å². The van der Waals surface area contributed by atoms with Crippen LogP contribution < -0.4 is 5.69 Å². The smallest absolute Gasteiger partial charge is 0.351 e. The summed E-state index contributed by atoms with van der Waals surface area (Å²) >= 11 is 1.01. The van der Waals surface area contributed by atoms with Gasteiger partial charge >= 0.3 is 5.69 Å². The molecular formula is C9H12FN3O3S. The maximum Gasteiger partial charge on any atom is 0.351 e. The summed E-state index contributed by atoms with van der Waals surface area (Å²) in [6.07, 6.45) is -1.70. The number of alkyl halides is 1. The summed E-state index contributed by atoms with van der Waals surface area (Å²) in [6, 6.07) is 0. The number of aryl methyl sites for hydroxylation is 1. The molecule has 17 heavy (non-hydrogen) atoms. The first-order chi connectivity index (χ1) is 8.04. The molecule has 1 aromatic rings. The second kappa shape index (κ2) is 4.71. The molecule has 2 rings (SSSR count). The molecule has 0 radical (unpaired) electrons. The van der Waals surface area contributed by atoms with Gasteiger partial charge in [-0.05, 0) is 6.92 Å². The summed E-state index contributed by atoms with van der Waals surface area (Å²) in [5.74, 6) is 0.309. The van der Waals surface area contributed by atoms with Gasteiger partial charge in [-0.3, -0.25) is 4.57 Å². The Morgan fingerprint density at radius 1 is 1.65 bits per heavy atom. The third-order valence-corrected chi connectivity index (χ3v) is 4.14. The van der Waals surface area contributed by atoms with Crippen molar-refractivity contribution in [1.29, 1.82) is 0 Å². The van der Waals surface area contributed by atoms with Crippen LogP contribution in [0.2, 0.25) is 0 Å². The minimum Gasteiger partial charge on any atom is -0.395 e. The van der Waals surface area contributed by atoms with E-state index in [0.29, 0.717) is 5.82 Å². The van der Waals surface area contributed by atoms with Crippen LogP contribution in [0.5, 0.6) is 0 Å². The third kappa shape index (κ3) is 2.20. The highest BCUT2D eigenvalue weighted by Crippen LogP contribution is 2.42. The molecule has 0 aliphatic carbocycles. The average molecular weight is 261 g/mol. The molecule has 6 nitrogen and oxygen atoms in total. The Morgan fingerprint density at radius 3 is 2.88 bits per heavy atom. The van der Waals surface area contributed by atoms with Gasteiger partial charge in [0.25, 0.3) is 0 Å². The summed E-state index contributed by atoms with van der Waals surface area (Å²) < 4.78 is 14.8. The molecule has 4 atom stereocenters. The Kier molecular flexibility index (Phi) is 3.45. The molecule has 0 aromatic carbocycles. The van der Waals surface area contributed by atoms with Crippen LogP contribution in [0.3, 0.4) is 0 Å². The number of hydrogen-bond donors (Lipinski definition) is 2. The van der Waals surface area contributed by atoms with Crippen molar-refractivity contribution in [2.24, 2.45) is 0 Å². The van der Waals surface area contributed by atoms with E-state index in [1.165, 1.54) is 6.33 Å². The lowest BCUT2D eigenvalue weighted by Crippen LogP contribution is -2.33. The highest BCUT2D eigenvalue weighted by molar-refractivity contribution is 8.00.